The van der Waals surface area contributed by atoms with Gasteiger partial charge in [-0.05, 0) is 43.5 Å². The smallest absolute Gasteiger partial charge is 0.240 e. The number of carbonyl (C=O) groups excluding carboxylic acids is 2. The van der Waals surface area contributed by atoms with Crippen LogP contribution in [0.25, 0.3) is 0 Å². The van der Waals surface area contributed by atoms with Crippen LogP contribution in [-0.2, 0) is 9.59 Å². The molecule has 2 rings (SSSR count). The predicted octanol–water partition coefficient (Wildman–Crippen LogP) is 3.83. The summed E-state index contributed by atoms with van der Waals surface area (Å²) in [6, 6.07) is 5.62. The molecule has 0 aromatic heterocycles. The molecule has 0 unspecified atom stereocenters. The van der Waals surface area contributed by atoms with Crippen molar-refractivity contribution in [1.82, 2.24) is 0 Å². The number of hydrogen-bond donors (Lipinski definition) is 0. The molecule has 102 valence electrons. The predicted molar refractivity (Wildman–Crippen MR) is 79.0 cm³/mol. The van der Waals surface area contributed by atoms with Gasteiger partial charge in [-0.25, -0.2) is 4.90 Å². The van der Waals surface area contributed by atoms with Crippen LogP contribution in [0.4, 0.5) is 5.69 Å². The van der Waals surface area contributed by atoms with Crippen LogP contribution >= 0.6 is 15.9 Å². The Morgan fingerprint density at radius 1 is 1.26 bits per heavy atom. The van der Waals surface area contributed by atoms with Crippen LogP contribution in [0, 0.1) is 12.3 Å². The summed E-state index contributed by atoms with van der Waals surface area (Å²) in [5.41, 5.74) is 1.14. The van der Waals surface area contributed by atoms with E-state index >= 15 is 0 Å². The largest absolute Gasteiger partial charge is 0.274 e. The topological polar surface area (TPSA) is 37.4 Å². The summed E-state index contributed by atoms with van der Waals surface area (Å²) in [5, 5.41) is 0. The molecule has 0 atom stereocenters. The van der Waals surface area contributed by atoms with Crippen molar-refractivity contribution >= 4 is 33.4 Å². The van der Waals surface area contributed by atoms with Crippen LogP contribution in [-0.4, -0.2) is 11.8 Å². The summed E-state index contributed by atoms with van der Waals surface area (Å²) < 4.78 is 0.949. The number of anilines is 1. The van der Waals surface area contributed by atoms with Crippen molar-refractivity contribution in [3.63, 3.8) is 0 Å². The van der Waals surface area contributed by atoms with Crippen LogP contribution in [0.5, 0.6) is 0 Å². The zero-order chi connectivity index (χ0) is 14.2. The minimum Gasteiger partial charge on any atom is -0.274 e. The maximum absolute atomic E-state index is 12.6. The molecule has 1 aliphatic rings. The molecular formula is C15H18BrNO2. The quantitative estimate of drug-likeness (QED) is 0.793. The molecule has 4 heteroatoms. The monoisotopic (exact) mass is 323 g/mol. The Labute approximate surface area is 122 Å². The first-order valence-corrected chi connectivity index (χ1v) is 7.38. The molecule has 2 amide bonds. The molecule has 0 N–H and O–H groups in total. The van der Waals surface area contributed by atoms with E-state index < -0.39 is 5.41 Å². The number of halogens is 1. The van der Waals surface area contributed by atoms with Crippen molar-refractivity contribution in [3.05, 3.63) is 28.2 Å². The number of rotatable bonds is 3. The molecule has 1 aliphatic heterocycles. The zero-order valence-electron chi connectivity index (χ0n) is 11.5. The molecule has 1 heterocycles. The highest BCUT2D eigenvalue weighted by atomic mass is 79.9. The first kappa shape index (κ1) is 14.3. The molecule has 0 aliphatic carbocycles. The van der Waals surface area contributed by atoms with Crippen LogP contribution in [0.15, 0.2) is 22.7 Å². The van der Waals surface area contributed by atoms with Crippen molar-refractivity contribution in [2.45, 2.75) is 40.0 Å². The lowest BCUT2D eigenvalue weighted by atomic mass is 9.81. The van der Waals surface area contributed by atoms with E-state index in [4.69, 9.17) is 0 Å². The van der Waals surface area contributed by atoms with Gasteiger partial charge >= 0.3 is 0 Å². The summed E-state index contributed by atoms with van der Waals surface area (Å²) in [4.78, 5) is 26.2. The third-order valence-electron chi connectivity index (χ3n) is 4.15. The molecule has 0 bridgehead atoms. The van der Waals surface area contributed by atoms with Gasteiger partial charge in [0.25, 0.3) is 0 Å². The van der Waals surface area contributed by atoms with Crippen molar-refractivity contribution in [2.24, 2.45) is 5.41 Å². The lowest BCUT2D eigenvalue weighted by Crippen LogP contribution is -2.35. The number of imide groups is 1. The summed E-state index contributed by atoms with van der Waals surface area (Å²) in [7, 11) is 0. The number of hydrogen-bond acceptors (Lipinski definition) is 2. The number of amides is 2. The van der Waals surface area contributed by atoms with Crippen molar-refractivity contribution in [1.29, 1.82) is 0 Å². The standard InChI is InChI=1S/C15H18BrNO2/c1-4-15(5-2)9-13(18)17(14(15)19)12-7-6-11(16)8-10(12)3/h6-8H,4-5,9H2,1-3H3. The highest BCUT2D eigenvalue weighted by Crippen LogP contribution is 2.42. The molecule has 19 heavy (non-hydrogen) atoms. The molecule has 0 spiro atoms. The summed E-state index contributed by atoms with van der Waals surface area (Å²) in [6.07, 6.45) is 1.74. The second kappa shape index (κ2) is 5.08. The Morgan fingerprint density at radius 2 is 1.89 bits per heavy atom. The van der Waals surface area contributed by atoms with Gasteiger partial charge in [0.05, 0.1) is 11.1 Å². The number of carbonyl (C=O) groups is 2. The lowest BCUT2D eigenvalue weighted by Gasteiger charge is -2.24. The van der Waals surface area contributed by atoms with E-state index in [9.17, 15) is 9.59 Å². The summed E-state index contributed by atoms with van der Waals surface area (Å²) in [6.45, 7) is 5.87. The Morgan fingerprint density at radius 3 is 2.37 bits per heavy atom. The van der Waals surface area contributed by atoms with Crippen molar-refractivity contribution in [3.8, 4) is 0 Å². The fraction of sp³-hybridized carbons (Fsp3) is 0.467. The van der Waals surface area contributed by atoms with Crippen LogP contribution < -0.4 is 4.90 Å². The van der Waals surface area contributed by atoms with Crippen LogP contribution in [0.3, 0.4) is 0 Å². The van der Waals surface area contributed by atoms with E-state index in [0.29, 0.717) is 24.9 Å². The number of nitrogens with zero attached hydrogens (tertiary/aromatic N) is 1. The van der Waals surface area contributed by atoms with Crippen LogP contribution in [0.1, 0.15) is 38.7 Å². The molecule has 1 aromatic carbocycles. The Kier molecular flexibility index (Phi) is 3.81. The minimum absolute atomic E-state index is 0.0482. The summed E-state index contributed by atoms with van der Waals surface area (Å²) in [5.74, 6) is -0.132. The number of benzene rings is 1. The van der Waals surface area contributed by atoms with Gasteiger partial charge in [0.1, 0.15) is 0 Å². The van der Waals surface area contributed by atoms with Gasteiger partial charge in [0.2, 0.25) is 11.8 Å². The second-order valence-electron chi connectivity index (χ2n) is 5.13. The fourth-order valence-electron chi connectivity index (χ4n) is 2.71. The first-order valence-electron chi connectivity index (χ1n) is 6.58. The third kappa shape index (κ3) is 2.22. The highest BCUT2D eigenvalue weighted by molar-refractivity contribution is 9.10. The normalized spacial score (nSPS) is 18.2. The van der Waals surface area contributed by atoms with Gasteiger partial charge < -0.3 is 0 Å². The van der Waals surface area contributed by atoms with Gasteiger partial charge in [0.15, 0.2) is 0 Å². The maximum Gasteiger partial charge on any atom is 0.240 e. The zero-order valence-corrected chi connectivity index (χ0v) is 13.1. The van der Waals surface area contributed by atoms with E-state index in [0.717, 1.165) is 10.0 Å². The van der Waals surface area contributed by atoms with Gasteiger partial charge in [-0.1, -0.05) is 29.8 Å². The fourth-order valence-corrected chi connectivity index (χ4v) is 3.19. The average Bonchev–Trinajstić information content (AvgIpc) is 2.62. The molecule has 1 saturated heterocycles. The first-order chi connectivity index (χ1) is 8.95. The molecule has 1 fully saturated rings. The van der Waals surface area contributed by atoms with Gasteiger partial charge in [-0.2, -0.15) is 0 Å². The minimum atomic E-state index is -0.503. The Balaban J connectivity index is 2.46. The average molecular weight is 324 g/mol. The SMILES string of the molecule is CCC1(CC)CC(=O)N(c2ccc(Br)cc2C)C1=O. The highest BCUT2D eigenvalue weighted by Gasteiger charge is 2.49. The number of aryl methyl sites for hydroxylation is 1. The van der Waals surface area contributed by atoms with E-state index in [-0.39, 0.29) is 11.8 Å². The lowest BCUT2D eigenvalue weighted by molar-refractivity contribution is -0.126. The van der Waals surface area contributed by atoms with Crippen molar-refractivity contribution in [2.75, 3.05) is 4.90 Å². The molecule has 0 radical (unpaired) electrons. The molecule has 1 aromatic rings. The summed E-state index contributed by atoms with van der Waals surface area (Å²) >= 11 is 3.40. The Hall–Kier alpha value is -1.16. The van der Waals surface area contributed by atoms with Crippen LogP contribution in [0.2, 0.25) is 0 Å². The van der Waals surface area contributed by atoms with Gasteiger partial charge in [-0.3, -0.25) is 9.59 Å². The molecule has 3 nitrogen and oxygen atoms in total. The third-order valence-corrected chi connectivity index (χ3v) is 4.64. The van der Waals surface area contributed by atoms with E-state index in [1.54, 1.807) is 0 Å². The second-order valence-corrected chi connectivity index (χ2v) is 6.04. The van der Waals surface area contributed by atoms with Gasteiger partial charge in [0, 0.05) is 10.9 Å². The Bertz CT molecular complexity index is 535. The molecule has 0 saturated carbocycles. The van der Waals surface area contributed by atoms with E-state index in [2.05, 4.69) is 15.9 Å². The maximum atomic E-state index is 12.6. The molecular weight excluding hydrogens is 306 g/mol. The van der Waals surface area contributed by atoms with Crippen molar-refractivity contribution < 1.29 is 9.59 Å². The van der Waals surface area contributed by atoms with E-state index in [1.807, 2.05) is 39.0 Å². The van der Waals surface area contributed by atoms with Gasteiger partial charge in [-0.15, -0.1) is 0 Å². The van der Waals surface area contributed by atoms with E-state index in [1.165, 1.54) is 4.90 Å².